The Hall–Kier alpha value is -3.30. The van der Waals surface area contributed by atoms with Gasteiger partial charge < -0.3 is 10.6 Å². The van der Waals surface area contributed by atoms with E-state index in [2.05, 4.69) is 36.4 Å². The number of guanidine groups is 1. The molecule has 3 nitrogen and oxygen atoms in total. The van der Waals surface area contributed by atoms with Crippen molar-refractivity contribution in [2.24, 2.45) is 10.7 Å². The minimum atomic E-state index is 0.431. The molecule has 28 heavy (non-hydrogen) atoms. The topological polar surface area (TPSA) is 41.6 Å². The fourth-order valence-electron chi connectivity index (χ4n) is 3.86. The van der Waals surface area contributed by atoms with Gasteiger partial charge in [-0.1, -0.05) is 72.3 Å². The Morgan fingerprint density at radius 1 is 0.893 bits per heavy atom. The van der Waals surface area contributed by atoms with E-state index in [-0.39, 0.29) is 0 Å². The van der Waals surface area contributed by atoms with Gasteiger partial charge in [-0.3, -0.25) is 0 Å². The summed E-state index contributed by atoms with van der Waals surface area (Å²) in [5.74, 6) is 0.431. The van der Waals surface area contributed by atoms with Crippen molar-refractivity contribution in [3.05, 3.63) is 82.9 Å². The normalized spacial score (nSPS) is 12.9. The number of nitrogens with two attached hydrogens (primary N) is 1. The van der Waals surface area contributed by atoms with E-state index in [9.17, 15) is 0 Å². The highest BCUT2D eigenvalue weighted by Gasteiger charge is 2.15. The van der Waals surface area contributed by atoms with Crippen molar-refractivity contribution >= 4 is 62.6 Å². The van der Waals surface area contributed by atoms with Crippen molar-refractivity contribution in [3.63, 3.8) is 0 Å². The number of nitrogens with zero attached hydrogens (tertiary/aromatic N) is 2. The average Bonchev–Trinajstić information content (AvgIpc) is 3.16. The molecular weight excluding hydrogens is 366 g/mol. The quantitative estimate of drug-likeness (QED) is 0.290. The summed E-state index contributed by atoms with van der Waals surface area (Å²) in [6.07, 6.45) is 4.24. The molecule has 2 N–H and O–H groups in total. The molecule has 0 atom stereocenters. The van der Waals surface area contributed by atoms with Gasteiger partial charge in [-0.15, -0.1) is 0 Å². The highest BCUT2D eigenvalue weighted by Crippen LogP contribution is 2.37. The summed E-state index contributed by atoms with van der Waals surface area (Å²) in [6, 6.07) is 22.4. The van der Waals surface area contributed by atoms with E-state index >= 15 is 0 Å². The molecule has 0 heterocycles. The van der Waals surface area contributed by atoms with Gasteiger partial charge in [0.05, 0.1) is 11.4 Å². The van der Waals surface area contributed by atoms with Crippen molar-refractivity contribution in [1.82, 2.24) is 0 Å². The smallest absolute Gasteiger partial charge is 0.200 e. The summed E-state index contributed by atoms with van der Waals surface area (Å²) < 4.78 is 0. The minimum Gasteiger partial charge on any atom is -0.369 e. The van der Waals surface area contributed by atoms with E-state index in [0.29, 0.717) is 5.96 Å². The Kier molecular flexibility index (Phi) is 3.85. The van der Waals surface area contributed by atoms with Crippen LogP contribution in [0.15, 0.2) is 71.7 Å². The van der Waals surface area contributed by atoms with Gasteiger partial charge in [-0.25, -0.2) is 4.99 Å². The summed E-state index contributed by atoms with van der Waals surface area (Å²) in [5, 5.41) is 5.21. The second kappa shape index (κ2) is 6.39. The van der Waals surface area contributed by atoms with Gasteiger partial charge in [0.15, 0.2) is 0 Å². The molecule has 4 aromatic carbocycles. The molecule has 4 aromatic rings. The van der Waals surface area contributed by atoms with Crippen molar-refractivity contribution in [1.29, 1.82) is 0 Å². The molecule has 4 heteroatoms. The zero-order chi connectivity index (χ0) is 19.3. The lowest BCUT2D eigenvalue weighted by Gasteiger charge is -2.21. The van der Waals surface area contributed by atoms with E-state index in [1.807, 2.05) is 54.4 Å². The van der Waals surface area contributed by atoms with Crippen LogP contribution in [0.4, 0.5) is 11.4 Å². The van der Waals surface area contributed by atoms with Crippen molar-refractivity contribution in [2.75, 3.05) is 11.9 Å². The predicted octanol–water partition coefficient (Wildman–Crippen LogP) is 6.21. The molecule has 136 valence electrons. The Morgan fingerprint density at radius 2 is 1.71 bits per heavy atom. The number of halogens is 1. The van der Waals surface area contributed by atoms with E-state index < -0.39 is 0 Å². The molecule has 5 rings (SSSR count). The molecule has 0 radical (unpaired) electrons. The molecule has 1 aliphatic carbocycles. The van der Waals surface area contributed by atoms with E-state index in [4.69, 9.17) is 22.3 Å². The molecule has 0 bridgehead atoms. The average molecular weight is 384 g/mol. The van der Waals surface area contributed by atoms with Gasteiger partial charge >= 0.3 is 0 Å². The maximum absolute atomic E-state index is 6.41. The standard InChI is InChI=1S/C24H18ClN3/c1-28(22-14-12-20(25)17-7-2-3-8-18(17)22)24(26)27-21-13-10-16-6-4-5-15-9-11-19(21)23(15)16/h2-14H,1H3,(H2,26,27). The first-order chi connectivity index (χ1) is 13.6. The van der Waals surface area contributed by atoms with Crippen LogP contribution in [0.5, 0.6) is 0 Å². The molecule has 0 saturated heterocycles. The zero-order valence-corrected chi connectivity index (χ0v) is 16.1. The number of rotatable bonds is 2. The number of anilines is 1. The van der Waals surface area contributed by atoms with Crippen molar-refractivity contribution in [2.45, 2.75) is 0 Å². The van der Waals surface area contributed by atoms with Crippen LogP contribution in [-0.4, -0.2) is 13.0 Å². The second-order valence-electron chi connectivity index (χ2n) is 6.92. The maximum Gasteiger partial charge on any atom is 0.200 e. The molecule has 0 amide bonds. The molecular formula is C24H18ClN3. The van der Waals surface area contributed by atoms with Gasteiger partial charge in [0.25, 0.3) is 0 Å². The predicted molar refractivity (Wildman–Crippen MR) is 122 cm³/mol. The fraction of sp³-hybridized carbons (Fsp3) is 0.0417. The fourth-order valence-corrected chi connectivity index (χ4v) is 4.09. The third-order valence-electron chi connectivity index (χ3n) is 5.31. The third-order valence-corrected chi connectivity index (χ3v) is 5.64. The zero-order valence-electron chi connectivity index (χ0n) is 15.4. The number of benzene rings is 4. The third kappa shape index (κ3) is 2.55. The van der Waals surface area contributed by atoms with Gasteiger partial charge in [-0.05, 0) is 34.5 Å². The first kappa shape index (κ1) is 16.8. The molecule has 0 spiro atoms. The van der Waals surface area contributed by atoms with Crippen LogP contribution in [0.2, 0.25) is 5.02 Å². The number of fused-ring (bicyclic) bond motifs is 1. The number of hydrogen-bond acceptors (Lipinski definition) is 1. The minimum absolute atomic E-state index is 0.431. The number of aliphatic imine (C=N–C) groups is 1. The highest BCUT2D eigenvalue weighted by molar-refractivity contribution is 6.36. The van der Waals surface area contributed by atoms with E-state index in [1.165, 1.54) is 16.3 Å². The lowest BCUT2D eigenvalue weighted by atomic mass is 10.0. The van der Waals surface area contributed by atoms with Crippen molar-refractivity contribution in [3.8, 4) is 0 Å². The Balaban J connectivity index is 1.61. The summed E-state index contributed by atoms with van der Waals surface area (Å²) in [7, 11) is 1.93. The summed E-state index contributed by atoms with van der Waals surface area (Å²) in [5.41, 5.74) is 10.6. The Morgan fingerprint density at radius 3 is 2.57 bits per heavy atom. The lowest BCUT2D eigenvalue weighted by Crippen LogP contribution is -2.33. The SMILES string of the molecule is CN(C(N)=Nc1ccc2cccc3c2c1C=C3)c1ccc(Cl)c2ccccc12. The van der Waals surface area contributed by atoms with Gasteiger partial charge in [-0.2, -0.15) is 0 Å². The summed E-state index contributed by atoms with van der Waals surface area (Å²) >= 11 is 6.36. The first-order valence-electron chi connectivity index (χ1n) is 9.12. The van der Waals surface area contributed by atoms with Gasteiger partial charge in [0.2, 0.25) is 5.96 Å². The van der Waals surface area contributed by atoms with E-state index in [0.717, 1.165) is 32.7 Å². The van der Waals surface area contributed by atoms with E-state index in [1.54, 1.807) is 0 Å². The molecule has 0 aliphatic heterocycles. The molecule has 0 unspecified atom stereocenters. The van der Waals surface area contributed by atoms with Crippen LogP contribution in [0.25, 0.3) is 33.7 Å². The monoisotopic (exact) mass is 383 g/mol. The first-order valence-corrected chi connectivity index (χ1v) is 9.50. The van der Waals surface area contributed by atoms with Crippen LogP contribution in [-0.2, 0) is 0 Å². The van der Waals surface area contributed by atoms with Crippen LogP contribution in [0, 0.1) is 0 Å². The van der Waals surface area contributed by atoms with Crippen LogP contribution in [0.3, 0.4) is 0 Å². The molecule has 0 aromatic heterocycles. The maximum atomic E-state index is 6.41. The lowest BCUT2D eigenvalue weighted by molar-refractivity contribution is 1.23. The van der Waals surface area contributed by atoms with Crippen LogP contribution >= 0.6 is 11.6 Å². The second-order valence-corrected chi connectivity index (χ2v) is 7.33. The van der Waals surface area contributed by atoms with Gasteiger partial charge in [0.1, 0.15) is 0 Å². The van der Waals surface area contributed by atoms with Gasteiger partial charge in [0, 0.05) is 28.4 Å². The largest absolute Gasteiger partial charge is 0.369 e. The van der Waals surface area contributed by atoms with Crippen molar-refractivity contribution < 1.29 is 0 Å². The Labute approximate surface area is 168 Å². The molecule has 1 aliphatic rings. The number of hydrogen-bond donors (Lipinski definition) is 1. The highest BCUT2D eigenvalue weighted by atomic mass is 35.5. The molecule has 0 fully saturated rings. The summed E-state index contributed by atoms with van der Waals surface area (Å²) in [4.78, 5) is 6.66. The summed E-state index contributed by atoms with van der Waals surface area (Å²) in [6.45, 7) is 0. The molecule has 0 saturated carbocycles. The Bertz CT molecular complexity index is 1300. The van der Waals surface area contributed by atoms with Crippen LogP contribution < -0.4 is 10.6 Å². The van der Waals surface area contributed by atoms with Crippen LogP contribution in [0.1, 0.15) is 11.1 Å².